The lowest BCUT2D eigenvalue weighted by atomic mass is 9.49. The van der Waals surface area contributed by atoms with Crippen LogP contribution in [-0.4, -0.2) is 57.5 Å². The van der Waals surface area contributed by atoms with Crippen LogP contribution in [0.3, 0.4) is 0 Å². The van der Waals surface area contributed by atoms with Gasteiger partial charge < -0.3 is 19.7 Å². The van der Waals surface area contributed by atoms with Gasteiger partial charge in [-0.25, -0.2) is 0 Å². The third-order valence-electron chi connectivity index (χ3n) is 12.7. The summed E-state index contributed by atoms with van der Waals surface area (Å²) in [6, 6.07) is 11.8. The zero-order valence-corrected chi connectivity index (χ0v) is 27.9. The molecular formula is C38H46F5NO4. The highest BCUT2D eigenvalue weighted by Crippen LogP contribution is 2.71. The summed E-state index contributed by atoms with van der Waals surface area (Å²) in [5, 5.41) is 24.0. The number of alkyl halides is 5. The van der Waals surface area contributed by atoms with E-state index in [2.05, 4.69) is 18.8 Å². The number of hydrogen-bond donors (Lipinski definition) is 2. The molecule has 262 valence electrons. The Morgan fingerprint density at radius 1 is 0.875 bits per heavy atom. The second-order valence-electron chi connectivity index (χ2n) is 16.3. The number of aromatic nitrogens is 1. The quantitative estimate of drug-likeness (QED) is 0.248. The van der Waals surface area contributed by atoms with Gasteiger partial charge in [0.15, 0.2) is 5.79 Å². The Hall–Kier alpha value is -2.40. The maximum Gasteiger partial charge on any atom is 0.456 e. The maximum absolute atomic E-state index is 15.4. The van der Waals surface area contributed by atoms with Crippen LogP contribution in [-0.2, 0) is 22.3 Å². The van der Waals surface area contributed by atoms with Crippen molar-refractivity contribution in [2.45, 2.75) is 120 Å². The van der Waals surface area contributed by atoms with Crippen molar-refractivity contribution in [2.24, 2.45) is 22.7 Å². The van der Waals surface area contributed by atoms with Gasteiger partial charge in [-0.15, -0.1) is 0 Å². The number of ether oxygens (including phenoxy) is 2. The van der Waals surface area contributed by atoms with Crippen LogP contribution in [0.5, 0.6) is 0 Å². The van der Waals surface area contributed by atoms with Crippen molar-refractivity contribution in [3.8, 4) is 0 Å². The minimum absolute atomic E-state index is 0.0593. The average molecular weight is 676 g/mol. The van der Waals surface area contributed by atoms with Crippen molar-refractivity contribution in [3.63, 3.8) is 0 Å². The Balaban J connectivity index is 1.27. The van der Waals surface area contributed by atoms with Gasteiger partial charge in [0.25, 0.3) is 0 Å². The number of pyridine rings is 1. The lowest BCUT2D eigenvalue weighted by molar-refractivity contribution is -0.362. The molecular weight excluding hydrogens is 629 g/mol. The summed E-state index contributed by atoms with van der Waals surface area (Å²) in [5.74, 6) is -7.66. The molecule has 2 aromatic rings. The first-order valence-electron chi connectivity index (χ1n) is 17.3. The van der Waals surface area contributed by atoms with E-state index in [0.717, 1.165) is 40.7 Å². The van der Waals surface area contributed by atoms with Crippen molar-refractivity contribution in [1.29, 1.82) is 0 Å². The second-order valence-corrected chi connectivity index (χ2v) is 16.3. The highest BCUT2D eigenvalue weighted by molar-refractivity contribution is 5.45. The Morgan fingerprint density at radius 3 is 2.21 bits per heavy atom. The van der Waals surface area contributed by atoms with E-state index in [-0.39, 0.29) is 30.6 Å². The van der Waals surface area contributed by atoms with Gasteiger partial charge in [0.1, 0.15) is 5.60 Å². The Kier molecular flexibility index (Phi) is 8.02. The van der Waals surface area contributed by atoms with Crippen LogP contribution < -0.4 is 0 Å². The average Bonchev–Trinajstić information content (AvgIpc) is 3.32. The predicted molar refractivity (Wildman–Crippen MR) is 169 cm³/mol. The van der Waals surface area contributed by atoms with E-state index in [1.165, 1.54) is 6.92 Å². The molecule has 4 fully saturated rings. The summed E-state index contributed by atoms with van der Waals surface area (Å²) in [6.07, 6.45) is 0.546. The summed E-state index contributed by atoms with van der Waals surface area (Å²) in [4.78, 5) is 4.17. The number of hydrogen-bond acceptors (Lipinski definition) is 5. The van der Waals surface area contributed by atoms with E-state index in [9.17, 15) is 23.4 Å². The molecule has 2 heterocycles. The van der Waals surface area contributed by atoms with Gasteiger partial charge in [0.05, 0.1) is 18.8 Å². The highest BCUT2D eigenvalue weighted by Gasteiger charge is 2.79. The van der Waals surface area contributed by atoms with Crippen LogP contribution in [0, 0.1) is 22.7 Å². The van der Waals surface area contributed by atoms with Gasteiger partial charge in [-0.2, -0.15) is 22.0 Å². The molecule has 1 aliphatic heterocycles. The smallest absolute Gasteiger partial charge is 0.385 e. The number of fused-ring (bicyclic) bond motifs is 4. The first kappa shape index (κ1) is 34.1. The minimum atomic E-state index is -5.89. The van der Waals surface area contributed by atoms with Crippen molar-refractivity contribution < 1.29 is 41.6 Å². The van der Waals surface area contributed by atoms with Gasteiger partial charge in [-0.05, 0) is 91.5 Å². The fraction of sp³-hybridized carbons (Fsp3) is 0.658. The van der Waals surface area contributed by atoms with E-state index in [4.69, 9.17) is 9.47 Å². The minimum Gasteiger partial charge on any atom is -0.385 e. The molecule has 7 rings (SSSR count). The van der Waals surface area contributed by atoms with Gasteiger partial charge in [-0.1, -0.05) is 56.7 Å². The topological polar surface area (TPSA) is 71.8 Å². The van der Waals surface area contributed by atoms with Crippen LogP contribution in [0.1, 0.15) is 94.7 Å². The van der Waals surface area contributed by atoms with E-state index < -0.39 is 52.8 Å². The molecule has 6 atom stereocenters. The predicted octanol–water partition coefficient (Wildman–Crippen LogP) is 8.09. The third kappa shape index (κ3) is 5.26. The van der Waals surface area contributed by atoms with Crippen molar-refractivity contribution in [1.82, 2.24) is 4.98 Å². The molecule has 1 aromatic carbocycles. The molecule has 0 radical (unpaired) electrons. The number of rotatable bonds is 5. The molecule has 48 heavy (non-hydrogen) atoms. The molecule has 1 saturated heterocycles. The van der Waals surface area contributed by atoms with Gasteiger partial charge in [0, 0.05) is 42.0 Å². The molecule has 2 N–H and O–H groups in total. The molecule has 0 amide bonds. The molecule has 1 spiro atoms. The molecule has 4 aliphatic carbocycles. The Bertz CT molecular complexity index is 1550. The lowest BCUT2D eigenvalue weighted by Gasteiger charge is -2.59. The van der Waals surface area contributed by atoms with Gasteiger partial charge in [0.2, 0.25) is 0 Å². The standard InChI is InChI=1S/C38H46F5NO4/c1-32(2)22-47-35(48-23-32)16-13-30-31-27(12-15-34(30,45)21-35)29-14-17-36(46,37(39,40)38(41,42)43)33(29,3)19-28(31)26-10-8-24(9-11-26)6-7-25-5-4-18-44-20-25/h4-5,8-11,18,20,27-29,45-46H,6-7,12-17,19,21-23H2,1-3H3/t27?,28-,29?,33+,34?,36+/m1/s1. The number of aliphatic hydroxyl groups is 2. The first-order valence-corrected chi connectivity index (χ1v) is 17.3. The summed E-state index contributed by atoms with van der Waals surface area (Å²) < 4.78 is 85.3. The Morgan fingerprint density at radius 2 is 1.56 bits per heavy atom. The maximum atomic E-state index is 15.4. The van der Waals surface area contributed by atoms with Crippen LogP contribution in [0.25, 0.3) is 0 Å². The Labute approximate surface area is 278 Å². The SMILES string of the molecule is CC1(C)COC2(CCC3=C4C(CCC3(O)C2)C2CC[C@@](O)(C(F)(F)C(F)(F)F)[C@@]2(C)C[C@@H]4c2ccc(CCc3cccnc3)cc2)OC1. The van der Waals surface area contributed by atoms with Crippen LogP contribution in [0.2, 0.25) is 0 Å². The van der Waals surface area contributed by atoms with Gasteiger partial charge >= 0.3 is 12.1 Å². The molecule has 5 nitrogen and oxygen atoms in total. The third-order valence-corrected chi connectivity index (χ3v) is 12.7. The molecule has 3 saturated carbocycles. The van der Waals surface area contributed by atoms with Crippen LogP contribution in [0.4, 0.5) is 22.0 Å². The van der Waals surface area contributed by atoms with E-state index in [1.54, 1.807) is 6.20 Å². The van der Waals surface area contributed by atoms with Gasteiger partial charge in [-0.3, -0.25) is 4.98 Å². The highest BCUT2D eigenvalue weighted by atomic mass is 19.4. The van der Waals surface area contributed by atoms with E-state index in [1.807, 2.05) is 42.6 Å². The number of aryl methyl sites for hydroxylation is 2. The summed E-state index contributed by atoms with van der Waals surface area (Å²) in [7, 11) is 0. The number of halogens is 5. The molecule has 10 heteroatoms. The number of benzene rings is 1. The molecule has 1 aromatic heterocycles. The van der Waals surface area contributed by atoms with E-state index in [0.29, 0.717) is 38.9 Å². The van der Waals surface area contributed by atoms with Crippen molar-refractivity contribution in [3.05, 3.63) is 76.6 Å². The number of nitrogens with zero attached hydrogens (tertiary/aromatic N) is 1. The summed E-state index contributed by atoms with van der Waals surface area (Å²) in [5.41, 5.74) is -1.58. The van der Waals surface area contributed by atoms with Crippen molar-refractivity contribution in [2.75, 3.05) is 13.2 Å². The fourth-order valence-corrected chi connectivity index (χ4v) is 10.1. The lowest BCUT2D eigenvalue weighted by Crippen LogP contribution is -2.65. The summed E-state index contributed by atoms with van der Waals surface area (Å²) in [6.45, 7) is 6.58. The largest absolute Gasteiger partial charge is 0.456 e. The fourth-order valence-electron chi connectivity index (χ4n) is 10.1. The zero-order chi connectivity index (χ0) is 34.4. The second kappa shape index (κ2) is 11.3. The first-order chi connectivity index (χ1) is 22.4. The number of allylic oxidation sites excluding steroid dienone is 1. The zero-order valence-electron chi connectivity index (χ0n) is 27.9. The monoisotopic (exact) mass is 675 g/mol. The normalized spacial score (nSPS) is 36.0. The molecule has 0 bridgehead atoms. The van der Waals surface area contributed by atoms with E-state index >= 15 is 8.78 Å². The summed E-state index contributed by atoms with van der Waals surface area (Å²) >= 11 is 0. The van der Waals surface area contributed by atoms with Crippen LogP contribution in [0.15, 0.2) is 59.9 Å². The van der Waals surface area contributed by atoms with Crippen molar-refractivity contribution >= 4 is 0 Å². The molecule has 5 aliphatic rings. The molecule has 3 unspecified atom stereocenters. The van der Waals surface area contributed by atoms with Crippen LogP contribution >= 0.6 is 0 Å².